The molecule has 0 aliphatic carbocycles. The summed E-state index contributed by atoms with van der Waals surface area (Å²) in [7, 11) is 1.71. The molecular formula is C22H35N3O. The lowest BCUT2D eigenvalue weighted by molar-refractivity contribution is 0.135. The van der Waals surface area contributed by atoms with Gasteiger partial charge in [-0.3, -0.25) is 9.88 Å². The monoisotopic (exact) mass is 357 g/mol. The molecule has 0 saturated heterocycles. The number of anilines is 1. The third kappa shape index (κ3) is 5.34. The Kier molecular flexibility index (Phi) is 7.70. The second-order valence-electron chi connectivity index (χ2n) is 7.56. The van der Waals surface area contributed by atoms with Crippen molar-refractivity contribution in [2.45, 2.75) is 58.9 Å². The summed E-state index contributed by atoms with van der Waals surface area (Å²) in [5.41, 5.74) is 2.11. The fourth-order valence-electron chi connectivity index (χ4n) is 3.46. The van der Waals surface area contributed by atoms with E-state index in [4.69, 9.17) is 4.74 Å². The van der Waals surface area contributed by atoms with Gasteiger partial charge in [-0.05, 0) is 45.5 Å². The minimum Gasteiger partial charge on any atom is -0.497 e. The number of benzene rings is 1. The maximum Gasteiger partial charge on any atom is 0.121 e. The van der Waals surface area contributed by atoms with E-state index in [1.54, 1.807) is 7.11 Å². The summed E-state index contributed by atoms with van der Waals surface area (Å²) in [5, 5.41) is 4.73. The van der Waals surface area contributed by atoms with Crippen molar-refractivity contribution < 1.29 is 4.74 Å². The predicted molar refractivity (Wildman–Crippen MR) is 112 cm³/mol. The van der Waals surface area contributed by atoms with Crippen LogP contribution in [0, 0.1) is 0 Å². The first-order valence-corrected chi connectivity index (χ1v) is 9.93. The van der Waals surface area contributed by atoms with E-state index in [1.165, 1.54) is 25.7 Å². The van der Waals surface area contributed by atoms with Gasteiger partial charge in [0.1, 0.15) is 5.75 Å². The minimum atomic E-state index is 0.0745. The minimum absolute atomic E-state index is 0.0745. The molecule has 0 amide bonds. The number of fused-ring (bicyclic) bond motifs is 1. The van der Waals surface area contributed by atoms with Crippen molar-refractivity contribution in [2.75, 3.05) is 32.1 Å². The van der Waals surface area contributed by atoms with Gasteiger partial charge in [0.2, 0.25) is 0 Å². The number of ether oxygens (including phenoxy) is 1. The standard InChI is InChI=1S/C22H35N3O/c1-6-8-9-10-14-25(7-2)22(3,4)17-24-20-16-19(26-5)15-18-12-11-13-23-21(18)20/h11-13,15-16,24H,6-10,14,17H2,1-5H3. The zero-order valence-corrected chi connectivity index (χ0v) is 17.1. The Morgan fingerprint density at radius 2 is 1.96 bits per heavy atom. The molecule has 0 radical (unpaired) electrons. The van der Waals surface area contributed by atoms with Gasteiger partial charge in [-0.15, -0.1) is 0 Å². The predicted octanol–water partition coefficient (Wildman–Crippen LogP) is 5.34. The number of pyridine rings is 1. The van der Waals surface area contributed by atoms with Crippen LogP contribution in [-0.4, -0.2) is 42.2 Å². The van der Waals surface area contributed by atoms with E-state index in [2.05, 4.69) is 49.0 Å². The number of hydrogen-bond donors (Lipinski definition) is 1. The molecule has 4 heteroatoms. The van der Waals surface area contributed by atoms with E-state index in [0.29, 0.717) is 0 Å². The fourth-order valence-corrected chi connectivity index (χ4v) is 3.46. The maximum absolute atomic E-state index is 5.46. The summed E-state index contributed by atoms with van der Waals surface area (Å²) in [6.07, 6.45) is 7.05. The number of rotatable bonds is 11. The van der Waals surface area contributed by atoms with Gasteiger partial charge in [0.15, 0.2) is 0 Å². The zero-order chi connectivity index (χ0) is 19.0. The van der Waals surface area contributed by atoms with Crippen LogP contribution >= 0.6 is 0 Å². The molecule has 1 heterocycles. The Labute approximate surface area is 159 Å². The molecule has 2 rings (SSSR count). The summed E-state index contributed by atoms with van der Waals surface area (Å²) in [5.74, 6) is 0.859. The Morgan fingerprint density at radius 1 is 1.15 bits per heavy atom. The second kappa shape index (κ2) is 9.77. The van der Waals surface area contributed by atoms with Gasteiger partial charge in [-0.25, -0.2) is 0 Å². The lowest BCUT2D eigenvalue weighted by Crippen LogP contribution is -2.49. The van der Waals surface area contributed by atoms with E-state index in [0.717, 1.165) is 42.0 Å². The van der Waals surface area contributed by atoms with Gasteiger partial charge in [0.25, 0.3) is 0 Å². The molecule has 144 valence electrons. The number of nitrogens with zero attached hydrogens (tertiary/aromatic N) is 2. The van der Waals surface area contributed by atoms with Crippen molar-refractivity contribution in [1.82, 2.24) is 9.88 Å². The van der Waals surface area contributed by atoms with Crippen molar-refractivity contribution in [2.24, 2.45) is 0 Å². The molecule has 26 heavy (non-hydrogen) atoms. The fraction of sp³-hybridized carbons (Fsp3) is 0.591. The smallest absolute Gasteiger partial charge is 0.121 e. The highest BCUT2D eigenvalue weighted by Crippen LogP contribution is 2.28. The average Bonchev–Trinajstić information content (AvgIpc) is 2.65. The van der Waals surface area contributed by atoms with Crippen molar-refractivity contribution in [3.05, 3.63) is 30.5 Å². The number of methoxy groups -OCH3 is 1. The van der Waals surface area contributed by atoms with E-state index in [1.807, 2.05) is 24.4 Å². The molecule has 0 aliphatic rings. The van der Waals surface area contributed by atoms with E-state index < -0.39 is 0 Å². The van der Waals surface area contributed by atoms with E-state index in [-0.39, 0.29) is 5.54 Å². The van der Waals surface area contributed by atoms with Crippen LogP contribution in [0.5, 0.6) is 5.75 Å². The molecule has 1 aromatic carbocycles. The van der Waals surface area contributed by atoms with Crippen molar-refractivity contribution >= 4 is 16.6 Å². The van der Waals surface area contributed by atoms with Crippen molar-refractivity contribution in [3.8, 4) is 5.75 Å². The van der Waals surface area contributed by atoms with Crippen LogP contribution in [0.3, 0.4) is 0 Å². The molecule has 0 fully saturated rings. The lowest BCUT2D eigenvalue weighted by atomic mass is 10.0. The van der Waals surface area contributed by atoms with Gasteiger partial charge in [0, 0.05) is 29.7 Å². The molecule has 1 N–H and O–H groups in total. The molecule has 0 saturated carbocycles. The Balaban J connectivity index is 2.09. The Hall–Kier alpha value is -1.81. The Bertz CT molecular complexity index is 684. The largest absolute Gasteiger partial charge is 0.497 e. The third-order valence-corrected chi connectivity index (χ3v) is 5.14. The number of likely N-dealkylation sites (N-methyl/N-ethyl adjacent to an activating group) is 1. The number of nitrogens with one attached hydrogen (secondary N) is 1. The summed E-state index contributed by atoms with van der Waals surface area (Å²) in [4.78, 5) is 7.14. The normalized spacial score (nSPS) is 11.9. The van der Waals surface area contributed by atoms with Crippen LogP contribution in [0.2, 0.25) is 0 Å². The van der Waals surface area contributed by atoms with Gasteiger partial charge < -0.3 is 10.1 Å². The first-order chi connectivity index (χ1) is 12.5. The second-order valence-corrected chi connectivity index (χ2v) is 7.56. The highest BCUT2D eigenvalue weighted by atomic mass is 16.5. The van der Waals surface area contributed by atoms with Crippen LogP contribution < -0.4 is 10.1 Å². The lowest BCUT2D eigenvalue weighted by Gasteiger charge is -2.38. The van der Waals surface area contributed by atoms with Gasteiger partial charge in [-0.1, -0.05) is 39.2 Å². The summed E-state index contributed by atoms with van der Waals surface area (Å²) in [6.45, 7) is 12.2. The SMILES string of the molecule is CCCCCCN(CC)C(C)(C)CNc1cc(OC)cc2cccnc12. The van der Waals surface area contributed by atoms with Crippen LogP contribution in [0.25, 0.3) is 10.9 Å². The number of hydrogen-bond acceptors (Lipinski definition) is 4. The molecular weight excluding hydrogens is 322 g/mol. The van der Waals surface area contributed by atoms with Crippen molar-refractivity contribution in [3.63, 3.8) is 0 Å². The molecule has 4 nitrogen and oxygen atoms in total. The summed E-state index contributed by atoms with van der Waals surface area (Å²) < 4.78 is 5.46. The van der Waals surface area contributed by atoms with Crippen LogP contribution in [0.4, 0.5) is 5.69 Å². The zero-order valence-electron chi connectivity index (χ0n) is 17.1. The molecule has 1 aromatic heterocycles. The van der Waals surface area contributed by atoms with Gasteiger partial charge >= 0.3 is 0 Å². The highest BCUT2D eigenvalue weighted by molar-refractivity contribution is 5.91. The molecule has 0 unspecified atom stereocenters. The molecule has 0 atom stereocenters. The molecule has 0 aliphatic heterocycles. The van der Waals surface area contributed by atoms with Gasteiger partial charge in [-0.2, -0.15) is 0 Å². The van der Waals surface area contributed by atoms with Crippen LogP contribution in [0.15, 0.2) is 30.5 Å². The highest BCUT2D eigenvalue weighted by Gasteiger charge is 2.25. The van der Waals surface area contributed by atoms with Crippen LogP contribution in [-0.2, 0) is 0 Å². The van der Waals surface area contributed by atoms with E-state index in [9.17, 15) is 0 Å². The van der Waals surface area contributed by atoms with Crippen molar-refractivity contribution in [1.29, 1.82) is 0 Å². The Morgan fingerprint density at radius 3 is 2.65 bits per heavy atom. The molecule has 0 spiro atoms. The number of aromatic nitrogens is 1. The quantitative estimate of drug-likeness (QED) is 0.551. The molecule has 2 aromatic rings. The van der Waals surface area contributed by atoms with Gasteiger partial charge in [0.05, 0.1) is 18.3 Å². The topological polar surface area (TPSA) is 37.4 Å². The third-order valence-electron chi connectivity index (χ3n) is 5.14. The maximum atomic E-state index is 5.46. The summed E-state index contributed by atoms with van der Waals surface area (Å²) >= 11 is 0. The average molecular weight is 358 g/mol. The molecule has 0 bridgehead atoms. The first kappa shape index (κ1) is 20.5. The van der Waals surface area contributed by atoms with E-state index >= 15 is 0 Å². The first-order valence-electron chi connectivity index (χ1n) is 9.93. The summed E-state index contributed by atoms with van der Waals surface area (Å²) in [6, 6.07) is 8.12. The number of unbranched alkanes of at least 4 members (excludes halogenated alkanes) is 3. The van der Waals surface area contributed by atoms with Crippen LogP contribution in [0.1, 0.15) is 53.4 Å².